The second kappa shape index (κ2) is 5.06. The summed E-state index contributed by atoms with van der Waals surface area (Å²) in [5.74, 6) is -0.0303. The lowest BCUT2D eigenvalue weighted by atomic mass is 10.0. The second-order valence-corrected chi connectivity index (χ2v) is 5.11. The number of para-hydroxylation sites is 1. The number of hydrogen-bond acceptors (Lipinski definition) is 3. The van der Waals surface area contributed by atoms with E-state index in [-0.39, 0.29) is 5.91 Å². The van der Waals surface area contributed by atoms with Crippen molar-refractivity contribution in [3.8, 4) is 0 Å². The van der Waals surface area contributed by atoms with E-state index in [1.807, 2.05) is 44.2 Å². The Morgan fingerprint density at radius 3 is 2.75 bits per heavy atom. The van der Waals surface area contributed by atoms with Crippen LogP contribution in [0.15, 0.2) is 41.5 Å². The predicted octanol–water partition coefficient (Wildman–Crippen LogP) is 2.40. The molecule has 1 fully saturated rings. The van der Waals surface area contributed by atoms with Gasteiger partial charge in [-0.05, 0) is 31.6 Å². The van der Waals surface area contributed by atoms with Gasteiger partial charge in [0.2, 0.25) is 0 Å². The van der Waals surface area contributed by atoms with Crippen LogP contribution in [0.5, 0.6) is 0 Å². The van der Waals surface area contributed by atoms with Crippen LogP contribution in [-0.2, 0) is 4.79 Å². The van der Waals surface area contributed by atoms with Crippen molar-refractivity contribution in [3.05, 3.63) is 47.2 Å². The molecule has 1 aromatic heterocycles. The van der Waals surface area contributed by atoms with Crippen molar-refractivity contribution in [1.82, 2.24) is 10.3 Å². The van der Waals surface area contributed by atoms with Gasteiger partial charge in [0.25, 0.3) is 5.91 Å². The average Bonchev–Trinajstić information content (AvgIpc) is 2.36. The molecule has 2 N–H and O–H groups in total. The van der Waals surface area contributed by atoms with Gasteiger partial charge in [-0.3, -0.25) is 9.78 Å². The highest BCUT2D eigenvalue weighted by molar-refractivity contribution is 6.08. The number of aromatic nitrogens is 1. The summed E-state index contributed by atoms with van der Waals surface area (Å²) >= 11 is 0. The monoisotopic (exact) mass is 267 g/mol. The standard InChI is InChI=1S/C16H17N3O/c1-10-7-15(13-5-3-4-6-14(13)18-10)19-16(20)11(2)12-8-17-9-12/h3-7,17H,8-9H2,1-2H3,(H,18,19,20). The number of nitrogens with one attached hydrogen (secondary N) is 2. The lowest BCUT2D eigenvalue weighted by Gasteiger charge is -2.21. The highest BCUT2D eigenvalue weighted by Crippen LogP contribution is 2.23. The van der Waals surface area contributed by atoms with E-state index in [1.165, 1.54) is 5.57 Å². The molecule has 2 aromatic rings. The number of hydrogen-bond donors (Lipinski definition) is 2. The van der Waals surface area contributed by atoms with Gasteiger partial charge >= 0.3 is 0 Å². The molecule has 1 aliphatic rings. The number of benzene rings is 1. The fourth-order valence-electron chi connectivity index (χ4n) is 2.30. The SMILES string of the molecule is CC(C(=O)Nc1cc(C)nc2ccccc12)=C1CNC1. The first-order chi connectivity index (χ1) is 9.65. The Labute approximate surface area is 117 Å². The summed E-state index contributed by atoms with van der Waals surface area (Å²) in [6.07, 6.45) is 0. The smallest absolute Gasteiger partial charge is 0.251 e. The van der Waals surface area contributed by atoms with Gasteiger partial charge in [-0.25, -0.2) is 0 Å². The van der Waals surface area contributed by atoms with Gasteiger partial charge in [0, 0.05) is 29.7 Å². The molecule has 4 heteroatoms. The molecule has 3 rings (SSSR count). The van der Waals surface area contributed by atoms with E-state index in [9.17, 15) is 4.79 Å². The highest BCUT2D eigenvalue weighted by Gasteiger charge is 2.16. The molecule has 2 heterocycles. The lowest BCUT2D eigenvalue weighted by Crippen LogP contribution is -2.36. The molecule has 0 atom stereocenters. The maximum Gasteiger partial charge on any atom is 0.251 e. The largest absolute Gasteiger partial charge is 0.322 e. The van der Waals surface area contributed by atoms with Gasteiger partial charge in [-0.15, -0.1) is 0 Å². The molecule has 0 unspecified atom stereocenters. The number of pyridine rings is 1. The van der Waals surface area contributed by atoms with E-state index in [4.69, 9.17) is 0 Å². The third-order valence-electron chi connectivity index (χ3n) is 3.64. The lowest BCUT2D eigenvalue weighted by molar-refractivity contribution is -0.112. The Morgan fingerprint density at radius 1 is 1.30 bits per heavy atom. The number of rotatable bonds is 2. The van der Waals surface area contributed by atoms with Crippen molar-refractivity contribution in [1.29, 1.82) is 0 Å². The molecule has 0 aliphatic carbocycles. The highest BCUT2D eigenvalue weighted by atomic mass is 16.1. The number of fused-ring (bicyclic) bond motifs is 1. The molecule has 1 saturated heterocycles. The third kappa shape index (κ3) is 2.30. The summed E-state index contributed by atoms with van der Waals surface area (Å²) in [7, 11) is 0. The number of aryl methyl sites for hydroxylation is 1. The molecule has 0 saturated carbocycles. The first-order valence-electron chi connectivity index (χ1n) is 6.72. The Kier molecular flexibility index (Phi) is 3.24. The zero-order valence-electron chi connectivity index (χ0n) is 11.7. The number of carbonyl (C=O) groups is 1. The molecule has 0 radical (unpaired) electrons. The molecular weight excluding hydrogens is 250 g/mol. The van der Waals surface area contributed by atoms with Crippen LogP contribution in [0.2, 0.25) is 0 Å². The number of anilines is 1. The Balaban J connectivity index is 1.96. The maximum absolute atomic E-state index is 12.3. The van der Waals surface area contributed by atoms with E-state index < -0.39 is 0 Å². The van der Waals surface area contributed by atoms with Gasteiger partial charge in [-0.1, -0.05) is 18.2 Å². The quantitative estimate of drug-likeness (QED) is 0.822. The van der Waals surface area contributed by atoms with Crippen molar-refractivity contribution in [2.75, 3.05) is 18.4 Å². The van der Waals surface area contributed by atoms with Crippen LogP contribution in [0, 0.1) is 6.92 Å². The molecule has 0 bridgehead atoms. The zero-order valence-corrected chi connectivity index (χ0v) is 11.7. The maximum atomic E-state index is 12.3. The van der Waals surface area contributed by atoms with E-state index >= 15 is 0 Å². The summed E-state index contributed by atoms with van der Waals surface area (Å²) < 4.78 is 0. The second-order valence-electron chi connectivity index (χ2n) is 5.11. The van der Waals surface area contributed by atoms with Gasteiger partial charge in [-0.2, -0.15) is 0 Å². The van der Waals surface area contributed by atoms with Gasteiger partial charge in [0.05, 0.1) is 11.2 Å². The number of nitrogens with zero attached hydrogens (tertiary/aromatic N) is 1. The summed E-state index contributed by atoms with van der Waals surface area (Å²) in [6, 6.07) is 9.75. The normalized spacial score (nSPS) is 14.0. The van der Waals surface area contributed by atoms with Crippen molar-refractivity contribution in [2.24, 2.45) is 0 Å². The number of amides is 1. The summed E-state index contributed by atoms with van der Waals surface area (Å²) in [5, 5.41) is 7.13. The van der Waals surface area contributed by atoms with E-state index in [1.54, 1.807) is 0 Å². The van der Waals surface area contributed by atoms with Crippen LogP contribution in [0.3, 0.4) is 0 Å². The van der Waals surface area contributed by atoms with Crippen LogP contribution < -0.4 is 10.6 Å². The van der Waals surface area contributed by atoms with Crippen molar-refractivity contribution >= 4 is 22.5 Å². The van der Waals surface area contributed by atoms with Crippen molar-refractivity contribution < 1.29 is 4.79 Å². The molecule has 1 aromatic carbocycles. The molecule has 4 nitrogen and oxygen atoms in total. The first kappa shape index (κ1) is 12.8. The summed E-state index contributed by atoms with van der Waals surface area (Å²) in [5.41, 5.74) is 4.61. The topological polar surface area (TPSA) is 54.0 Å². The van der Waals surface area contributed by atoms with Crippen LogP contribution in [-0.4, -0.2) is 24.0 Å². The predicted molar refractivity (Wildman–Crippen MR) is 80.7 cm³/mol. The van der Waals surface area contributed by atoms with Crippen LogP contribution >= 0.6 is 0 Å². The minimum absolute atomic E-state index is 0.0303. The Hall–Kier alpha value is -2.20. The average molecular weight is 267 g/mol. The zero-order chi connectivity index (χ0) is 14.1. The molecule has 102 valence electrons. The van der Waals surface area contributed by atoms with Gasteiger partial charge in [0.1, 0.15) is 0 Å². The van der Waals surface area contributed by atoms with Crippen LogP contribution in [0.4, 0.5) is 5.69 Å². The van der Waals surface area contributed by atoms with E-state index in [2.05, 4.69) is 15.6 Å². The Bertz CT molecular complexity index is 713. The van der Waals surface area contributed by atoms with Crippen LogP contribution in [0.25, 0.3) is 10.9 Å². The van der Waals surface area contributed by atoms with Gasteiger partial charge in [0.15, 0.2) is 0 Å². The molecular formula is C16H17N3O. The minimum atomic E-state index is -0.0303. The third-order valence-corrected chi connectivity index (χ3v) is 3.64. The molecule has 0 spiro atoms. The van der Waals surface area contributed by atoms with E-state index in [0.29, 0.717) is 0 Å². The fourth-order valence-corrected chi connectivity index (χ4v) is 2.30. The minimum Gasteiger partial charge on any atom is -0.322 e. The van der Waals surface area contributed by atoms with E-state index in [0.717, 1.165) is 40.9 Å². The first-order valence-corrected chi connectivity index (χ1v) is 6.72. The fraction of sp³-hybridized carbons (Fsp3) is 0.250. The summed E-state index contributed by atoms with van der Waals surface area (Å²) in [6.45, 7) is 5.44. The Morgan fingerprint density at radius 2 is 2.05 bits per heavy atom. The van der Waals surface area contributed by atoms with Crippen molar-refractivity contribution in [3.63, 3.8) is 0 Å². The molecule has 20 heavy (non-hydrogen) atoms. The number of carbonyl (C=O) groups excluding carboxylic acids is 1. The molecule has 1 aliphatic heterocycles. The van der Waals surface area contributed by atoms with Gasteiger partial charge < -0.3 is 10.6 Å². The van der Waals surface area contributed by atoms with Crippen molar-refractivity contribution in [2.45, 2.75) is 13.8 Å². The summed E-state index contributed by atoms with van der Waals surface area (Å²) in [4.78, 5) is 16.8. The molecule has 1 amide bonds. The van der Waals surface area contributed by atoms with Crippen LogP contribution in [0.1, 0.15) is 12.6 Å².